The molecule has 0 aliphatic carbocycles. The van der Waals surface area contributed by atoms with Crippen molar-refractivity contribution in [2.24, 2.45) is 0 Å². The molecular formula is C19H24N2O3S. The zero-order valence-corrected chi connectivity index (χ0v) is 15.4. The van der Waals surface area contributed by atoms with Gasteiger partial charge in [-0.25, -0.2) is 8.42 Å². The van der Waals surface area contributed by atoms with Gasteiger partial charge in [-0.05, 0) is 30.5 Å². The van der Waals surface area contributed by atoms with Crippen molar-refractivity contribution < 1.29 is 13.2 Å². The largest absolute Gasteiger partial charge is 0.354 e. The number of anilines is 1. The Hall–Kier alpha value is -2.34. The summed E-state index contributed by atoms with van der Waals surface area (Å²) in [6, 6.07) is 17.8. The number of para-hydroxylation sites is 1. The molecule has 0 spiro atoms. The number of amides is 1. The van der Waals surface area contributed by atoms with E-state index in [1.54, 1.807) is 24.3 Å². The fourth-order valence-corrected chi connectivity index (χ4v) is 3.94. The van der Waals surface area contributed by atoms with Crippen molar-refractivity contribution in [3.8, 4) is 0 Å². The first-order valence-electron chi connectivity index (χ1n) is 8.29. The second-order valence-corrected chi connectivity index (χ2v) is 7.70. The van der Waals surface area contributed by atoms with Gasteiger partial charge in [0, 0.05) is 6.54 Å². The minimum absolute atomic E-state index is 0.285. The highest BCUT2D eigenvalue weighted by atomic mass is 32.2. The maximum Gasteiger partial charge on any atom is 0.243 e. The third kappa shape index (κ3) is 5.32. The molecule has 0 aromatic heterocycles. The number of sulfonamides is 1. The molecule has 5 nitrogen and oxygen atoms in total. The second-order valence-electron chi connectivity index (χ2n) is 5.85. The number of hydrogen-bond donors (Lipinski definition) is 1. The highest BCUT2D eigenvalue weighted by Crippen LogP contribution is 2.21. The standard InChI is InChI=1S/C19H24N2O3S/c1-3-18(19(22)20-15-14-16-10-6-4-7-11-16)21(25(2,23)24)17-12-8-5-9-13-17/h4-13,18H,3,14-15H2,1-2H3,(H,20,22)/t18-/m1/s1. The number of nitrogens with zero attached hydrogens (tertiary/aromatic N) is 1. The monoisotopic (exact) mass is 360 g/mol. The molecule has 134 valence electrons. The van der Waals surface area contributed by atoms with E-state index >= 15 is 0 Å². The van der Waals surface area contributed by atoms with Crippen LogP contribution in [0.1, 0.15) is 18.9 Å². The van der Waals surface area contributed by atoms with Gasteiger partial charge in [-0.3, -0.25) is 9.10 Å². The fraction of sp³-hybridized carbons (Fsp3) is 0.316. The Kier molecular flexibility index (Phi) is 6.58. The molecule has 1 N–H and O–H groups in total. The molecule has 0 aliphatic rings. The molecule has 2 rings (SSSR count). The van der Waals surface area contributed by atoms with Gasteiger partial charge in [0.05, 0.1) is 11.9 Å². The van der Waals surface area contributed by atoms with Crippen molar-refractivity contribution in [1.29, 1.82) is 0 Å². The first-order valence-corrected chi connectivity index (χ1v) is 10.1. The van der Waals surface area contributed by atoms with Gasteiger partial charge in [0.25, 0.3) is 0 Å². The van der Waals surface area contributed by atoms with Crippen LogP contribution in [0.5, 0.6) is 0 Å². The fourth-order valence-electron chi connectivity index (χ4n) is 2.73. The number of nitrogens with one attached hydrogen (secondary N) is 1. The molecule has 0 bridgehead atoms. The molecule has 0 saturated heterocycles. The van der Waals surface area contributed by atoms with E-state index in [1.165, 1.54) is 4.31 Å². The lowest BCUT2D eigenvalue weighted by Crippen LogP contribution is -2.49. The van der Waals surface area contributed by atoms with Crippen LogP contribution in [0.2, 0.25) is 0 Å². The third-order valence-electron chi connectivity index (χ3n) is 3.90. The van der Waals surface area contributed by atoms with Crippen LogP contribution in [-0.4, -0.2) is 33.2 Å². The van der Waals surface area contributed by atoms with Crippen LogP contribution >= 0.6 is 0 Å². The van der Waals surface area contributed by atoms with Gasteiger partial charge in [-0.2, -0.15) is 0 Å². The van der Waals surface area contributed by atoms with Crippen molar-refractivity contribution in [3.63, 3.8) is 0 Å². The van der Waals surface area contributed by atoms with Crippen molar-refractivity contribution in [1.82, 2.24) is 5.32 Å². The van der Waals surface area contributed by atoms with Crippen LogP contribution in [0, 0.1) is 0 Å². The highest BCUT2D eigenvalue weighted by molar-refractivity contribution is 7.92. The molecule has 0 radical (unpaired) electrons. The van der Waals surface area contributed by atoms with Crippen molar-refractivity contribution in [2.45, 2.75) is 25.8 Å². The smallest absolute Gasteiger partial charge is 0.243 e. The van der Waals surface area contributed by atoms with Gasteiger partial charge in [-0.15, -0.1) is 0 Å². The van der Waals surface area contributed by atoms with Crippen molar-refractivity contribution >= 4 is 21.6 Å². The average Bonchev–Trinajstić information content (AvgIpc) is 2.60. The molecule has 6 heteroatoms. The quantitative estimate of drug-likeness (QED) is 0.787. The van der Waals surface area contributed by atoms with Crippen molar-refractivity contribution in [3.05, 3.63) is 66.2 Å². The SMILES string of the molecule is CC[C@H](C(=O)NCCc1ccccc1)N(c1ccccc1)S(C)(=O)=O. The Morgan fingerprint density at radius 1 is 1.04 bits per heavy atom. The summed E-state index contributed by atoms with van der Waals surface area (Å²) in [4.78, 5) is 12.6. The molecule has 2 aromatic carbocycles. The lowest BCUT2D eigenvalue weighted by Gasteiger charge is -2.30. The zero-order chi connectivity index (χ0) is 18.3. The number of rotatable bonds is 8. The normalized spacial score (nSPS) is 12.4. The second kappa shape index (κ2) is 8.67. The van der Waals surface area contributed by atoms with E-state index in [9.17, 15) is 13.2 Å². The lowest BCUT2D eigenvalue weighted by molar-refractivity contribution is -0.122. The van der Waals surface area contributed by atoms with Gasteiger partial charge in [0.2, 0.25) is 15.9 Å². The molecule has 0 saturated carbocycles. The molecule has 1 amide bonds. The first kappa shape index (κ1) is 19.0. The first-order chi connectivity index (χ1) is 11.9. The molecule has 25 heavy (non-hydrogen) atoms. The minimum Gasteiger partial charge on any atom is -0.354 e. The summed E-state index contributed by atoms with van der Waals surface area (Å²) in [5, 5.41) is 2.86. The summed E-state index contributed by atoms with van der Waals surface area (Å²) < 4.78 is 25.8. The third-order valence-corrected chi connectivity index (χ3v) is 5.08. The Bertz CT molecular complexity index is 777. The van der Waals surface area contributed by atoms with E-state index in [1.807, 2.05) is 43.3 Å². The molecule has 1 atom stereocenters. The molecule has 0 heterocycles. The number of carbonyl (C=O) groups is 1. The van der Waals surface area contributed by atoms with Gasteiger partial charge < -0.3 is 5.32 Å². The van der Waals surface area contributed by atoms with E-state index < -0.39 is 16.1 Å². The minimum atomic E-state index is -3.58. The molecule has 0 aliphatic heterocycles. The average molecular weight is 360 g/mol. The molecule has 0 fully saturated rings. The number of hydrogen-bond acceptors (Lipinski definition) is 3. The molecule has 0 unspecified atom stereocenters. The predicted molar refractivity (Wildman–Crippen MR) is 101 cm³/mol. The van der Waals surface area contributed by atoms with Crippen LogP contribution in [0.4, 0.5) is 5.69 Å². The van der Waals surface area contributed by atoms with Gasteiger partial charge >= 0.3 is 0 Å². The van der Waals surface area contributed by atoms with Crippen LogP contribution < -0.4 is 9.62 Å². The Balaban J connectivity index is 2.10. The number of carbonyl (C=O) groups excluding carboxylic acids is 1. The summed E-state index contributed by atoms with van der Waals surface area (Å²) in [5.41, 5.74) is 1.62. The maximum absolute atomic E-state index is 12.6. The summed E-state index contributed by atoms with van der Waals surface area (Å²) >= 11 is 0. The van der Waals surface area contributed by atoms with Gasteiger partial charge in [0.15, 0.2) is 0 Å². The topological polar surface area (TPSA) is 66.5 Å². The Morgan fingerprint density at radius 2 is 1.60 bits per heavy atom. The van der Waals surface area contributed by atoms with Crippen LogP contribution in [0.25, 0.3) is 0 Å². The van der Waals surface area contributed by atoms with E-state index in [4.69, 9.17) is 0 Å². The van der Waals surface area contributed by atoms with Crippen molar-refractivity contribution in [2.75, 3.05) is 17.1 Å². The predicted octanol–water partition coefficient (Wildman–Crippen LogP) is 2.59. The maximum atomic E-state index is 12.6. The Labute approximate surface area is 149 Å². The van der Waals surface area contributed by atoms with E-state index in [2.05, 4.69) is 5.32 Å². The van der Waals surface area contributed by atoms with Gasteiger partial charge in [-0.1, -0.05) is 55.5 Å². The zero-order valence-electron chi connectivity index (χ0n) is 14.6. The summed E-state index contributed by atoms with van der Waals surface area (Å²) in [6.07, 6.45) is 2.21. The highest BCUT2D eigenvalue weighted by Gasteiger charge is 2.31. The Morgan fingerprint density at radius 3 is 2.12 bits per heavy atom. The number of benzene rings is 2. The van der Waals surface area contributed by atoms with E-state index in [0.29, 0.717) is 25.1 Å². The van der Waals surface area contributed by atoms with E-state index in [0.717, 1.165) is 11.8 Å². The van der Waals surface area contributed by atoms with Crippen LogP contribution in [0.3, 0.4) is 0 Å². The van der Waals surface area contributed by atoms with Crippen LogP contribution in [-0.2, 0) is 21.2 Å². The summed E-state index contributed by atoms with van der Waals surface area (Å²) in [6.45, 7) is 2.27. The summed E-state index contributed by atoms with van der Waals surface area (Å²) in [7, 11) is -3.58. The summed E-state index contributed by atoms with van der Waals surface area (Å²) in [5.74, 6) is -0.285. The molecular weight excluding hydrogens is 336 g/mol. The van der Waals surface area contributed by atoms with Gasteiger partial charge in [0.1, 0.15) is 6.04 Å². The van der Waals surface area contributed by atoms with Crippen LogP contribution in [0.15, 0.2) is 60.7 Å². The molecule has 2 aromatic rings. The van der Waals surface area contributed by atoms with E-state index in [-0.39, 0.29) is 5.91 Å². The lowest BCUT2D eigenvalue weighted by atomic mass is 10.1.